The van der Waals surface area contributed by atoms with Crippen LogP contribution in [0.4, 0.5) is 0 Å². The Labute approximate surface area is 109 Å². The highest BCUT2D eigenvalue weighted by Crippen LogP contribution is 2.15. The molecule has 0 aliphatic heterocycles. The van der Waals surface area contributed by atoms with E-state index in [1.807, 2.05) is 35.7 Å². The number of ether oxygens (including phenoxy) is 2. The van der Waals surface area contributed by atoms with Crippen LogP contribution < -0.4 is 4.74 Å². The van der Waals surface area contributed by atoms with Gasteiger partial charge in [-0.1, -0.05) is 18.2 Å². The van der Waals surface area contributed by atoms with Crippen molar-refractivity contribution in [2.45, 2.75) is 13.0 Å². The fourth-order valence-corrected chi connectivity index (χ4v) is 2.08. The molecule has 1 aromatic carbocycles. The minimum atomic E-state index is -0.282. The summed E-state index contributed by atoms with van der Waals surface area (Å²) in [7, 11) is 1.37. The second-order valence-corrected chi connectivity index (χ2v) is 4.53. The molecule has 1 heterocycles. The molecule has 0 spiro atoms. The number of carbonyl (C=O) groups is 1. The Balaban J connectivity index is 1.89. The molecule has 0 radical (unpaired) electrons. The highest BCUT2D eigenvalue weighted by atomic mass is 32.1. The van der Waals surface area contributed by atoms with Crippen molar-refractivity contribution in [3.05, 3.63) is 46.4 Å². The summed E-state index contributed by atoms with van der Waals surface area (Å²) in [5, 5.41) is 2.69. The maximum Gasteiger partial charge on any atom is 0.311 e. The van der Waals surface area contributed by atoms with Gasteiger partial charge in [-0.25, -0.2) is 4.98 Å². The van der Waals surface area contributed by atoms with Crippen LogP contribution in [0.15, 0.2) is 35.7 Å². The van der Waals surface area contributed by atoms with E-state index in [-0.39, 0.29) is 12.4 Å². The zero-order chi connectivity index (χ0) is 12.8. The van der Waals surface area contributed by atoms with Crippen LogP contribution in [-0.2, 0) is 22.6 Å². The lowest BCUT2D eigenvalue weighted by molar-refractivity contribution is -0.139. The molecule has 94 valence electrons. The van der Waals surface area contributed by atoms with Gasteiger partial charge in [0.25, 0.3) is 0 Å². The largest absolute Gasteiger partial charge is 0.486 e. The number of para-hydroxylation sites is 1. The Hall–Kier alpha value is -1.88. The number of hydrogen-bond acceptors (Lipinski definition) is 5. The van der Waals surface area contributed by atoms with E-state index in [0.29, 0.717) is 6.61 Å². The van der Waals surface area contributed by atoms with E-state index in [1.165, 1.54) is 18.4 Å². The van der Waals surface area contributed by atoms with Gasteiger partial charge in [0.1, 0.15) is 17.4 Å². The molecule has 0 fully saturated rings. The Bertz CT molecular complexity index is 510. The minimum absolute atomic E-state index is 0.207. The second-order valence-electron chi connectivity index (χ2n) is 3.59. The Morgan fingerprint density at radius 1 is 1.33 bits per heavy atom. The number of hydrogen-bond donors (Lipinski definition) is 0. The van der Waals surface area contributed by atoms with Gasteiger partial charge in [-0.2, -0.15) is 0 Å². The highest BCUT2D eigenvalue weighted by molar-refractivity contribution is 7.09. The summed E-state index contributed by atoms with van der Waals surface area (Å²) in [6.07, 6.45) is 0.207. The van der Waals surface area contributed by atoms with Gasteiger partial charge in [0.05, 0.1) is 19.2 Å². The molecule has 0 N–H and O–H groups in total. The van der Waals surface area contributed by atoms with Crippen molar-refractivity contribution >= 4 is 17.3 Å². The fourth-order valence-electron chi connectivity index (χ4n) is 1.38. The number of nitrogens with zero attached hydrogens (tertiary/aromatic N) is 1. The van der Waals surface area contributed by atoms with E-state index < -0.39 is 0 Å². The normalized spacial score (nSPS) is 10.1. The summed E-state index contributed by atoms with van der Waals surface area (Å²) in [6.45, 7) is 0.413. The summed E-state index contributed by atoms with van der Waals surface area (Å²) in [5.74, 6) is 0.526. The van der Waals surface area contributed by atoms with E-state index in [0.717, 1.165) is 16.5 Å². The van der Waals surface area contributed by atoms with Crippen molar-refractivity contribution in [3.8, 4) is 5.75 Å². The van der Waals surface area contributed by atoms with Gasteiger partial charge >= 0.3 is 5.97 Å². The quantitative estimate of drug-likeness (QED) is 0.777. The Morgan fingerprint density at radius 2 is 2.11 bits per heavy atom. The lowest BCUT2D eigenvalue weighted by Crippen LogP contribution is -2.05. The van der Waals surface area contributed by atoms with E-state index in [2.05, 4.69) is 9.72 Å². The molecule has 2 rings (SSSR count). The van der Waals surface area contributed by atoms with E-state index >= 15 is 0 Å². The van der Waals surface area contributed by atoms with Crippen LogP contribution in [0.2, 0.25) is 0 Å². The third-order valence-corrected chi connectivity index (χ3v) is 3.13. The first kappa shape index (κ1) is 12.6. The van der Waals surface area contributed by atoms with Gasteiger partial charge < -0.3 is 9.47 Å². The van der Waals surface area contributed by atoms with Crippen LogP contribution in [0.5, 0.6) is 5.75 Å². The molecule has 0 aliphatic rings. The molecular weight excluding hydrogens is 250 g/mol. The monoisotopic (exact) mass is 263 g/mol. The Morgan fingerprint density at radius 3 is 2.83 bits per heavy atom. The molecule has 2 aromatic rings. The van der Waals surface area contributed by atoms with Gasteiger partial charge in [0, 0.05) is 5.38 Å². The number of methoxy groups -OCH3 is 1. The van der Waals surface area contributed by atoms with E-state index in [9.17, 15) is 4.79 Å². The van der Waals surface area contributed by atoms with Crippen LogP contribution in [0, 0.1) is 0 Å². The maximum absolute atomic E-state index is 11.1. The number of rotatable bonds is 5. The molecular formula is C13H13NO3S. The molecule has 0 atom stereocenters. The number of esters is 1. The summed E-state index contributed by atoms with van der Waals surface area (Å²) in [4.78, 5) is 15.4. The van der Waals surface area contributed by atoms with Gasteiger partial charge in [0.2, 0.25) is 0 Å². The van der Waals surface area contributed by atoms with Crippen molar-refractivity contribution in [3.63, 3.8) is 0 Å². The van der Waals surface area contributed by atoms with Crippen LogP contribution in [0.3, 0.4) is 0 Å². The average molecular weight is 263 g/mol. The first-order valence-corrected chi connectivity index (χ1v) is 6.34. The molecule has 0 aliphatic carbocycles. The summed E-state index contributed by atoms with van der Waals surface area (Å²) in [6, 6.07) is 9.55. The zero-order valence-corrected chi connectivity index (χ0v) is 10.8. The van der Waals surface area contributed by atoms with Gasteiger partial charge in [-0.3, -0.25) is 4.79 Å². The summed E-state index contributed by atoms with van der Waals surface area (Å²) in [5.41, 5.74) is 0.721. The summed E-state index contributed by atoms with van der Waals surface area (Å²) >= 11 is 1.48. The molecule has 0 unspecified atom stereocenters. The second kappa shape index (κ2) is 6.16. The molecule has 0 amide bonds. The van der Waals surface area contributed by atoms with Crippen LogP contribution in [-0.4, -0.2) is 18.1 Å². The van der Waals surface area contributed by atoms with Gasteiger partial charge in [0.15, 0.2) is 0 Å². The van der Waals surface area contributed by atoms with Gasteiger partial charge in [-0.05, 0) is 12.1 Å². The van der Waals surface area contributed by atoms with Crippen molar-refractivity contribution in [1.29, 1.82) is 0 Å². The molecule has 0 bridgehead atoms. The highest BCUT2D eigenvalue weighted by Gasteiger charge is 2.07. The Kier molecular flexibility index (Phi) is 4.30. The van der Waals surface area contributed by atoms with E-state index in [4.69, 9.17) is 4.74 Å². The van der Waals surface area contributed by atoms with Crippen molar-refractivity contribution < 1.29 is 14.3 Å². The molecule has 5 heteroatoms. The fraction of sp³-hybridized carbons (Fsp3) is 0.231. The number of benzene rings is 1. The van der Waals surface area contributed by atoms with Crippen LogP contribution >= 0.6 is 11.3 Å². The first-order valence-electron chi connectivity index (χ1n) is 5.46. The van der Waals surface area contributed by atoms with Crippen LogP contribution in [0.1, 0.15) is 10.7 Å². The molecule has 0 saturated heterocycles. The number of aromatic nitrogens is 1. The molecule has 18 heavy (non-hydrogen) atoms. The van der Waals surface area contributed by atoms with Crippen LogP contribution in [0.25, 0.3) is 0 Å². The lowest BCUT2D eigenvalue weighted by Gasteiger charge is -2.02. The third kappa shape index (κ3) is 3.56. The minimum Gasteiger partial charge on any atom is -0.486 e. The predicted molar refractivity (Wildman–Crippen MR) is 68.6 cm³/mol. The smallest absolute Gasteiger partial charge is 0.311 e. The lowest BCUT2D eigenvalue weighted by atomic mass is 10.3. The SMILES string of the molecule is COC(=O)Cc1csc(COc2ccccc2)n1. The van der Waals surface area contributed by atoms with Crippen molar-refractivity contribution in [1.82, 2.24) is 4.98 Å². The van der Waals surface area contributed by atoms with Crippen molar-refractivity contribution in [2.24, 2.45) is 0 Å². The number of thiazole rings is 1. The third-order valence-electron chi connectivity index (χ3n) is 2.26. The average Bonchev–Trinajstić information content (AvgIpc) is 2.85. The predicted octanol–water partition coefficient (Wildman–Crippen LogP) is 2.44. The molecule has 1 aromatic heterocycles. The first-order chi connectivity index (χ1) is 8.78. The summed E-state index contributed by atoms with van der Waals surface area (Å²) < 4.78 is 10.2. The zero-order valence-electron chi connectivity index (χ0n) is 9.96. The standard InChI is InChI=1S/C13H13NO3S/c1-16-13(15)7-10-9-18-12(14-10)8-17-11-5-3-2-4-6-11/h2-6,9H,7-8H2,1H3. The number of carbonyl (C=O) groups excluding carboxylic acids is 1. The topological polar surface area (TPSA) is 48.4 Å². The van der Waals surface area contributed by atoms with E-state index in [1.54, 1.807) is 0 Å². The van der Waals surface area contributed by atoms with Gasteiger partial charge in [-0.15, -0.1) is 11.3 Å². The molecule has 0 saturated carbocycles. The molecule has 4 nitrogen and oxygen atoms in total. The van der Waals surface area contributed by atoms with Crippen molar-refractivity contribution in [2.75, 3.05) is 7.11 Å². The maximum atomic E-state index is 11.1.